The van der Waals surface area contributed by atoms with E-state index in [1.165, 1.54) is 30.4 Å². The molecule has 3 N–H and O–H groups in total. The molecule has 0 amide bonds. The second kappa shape index (κ2) is 4.99. The number of hydrogen-bond donors (Lipinski definition) is 2. The molecule has 0 unspecified atom stereocenters. The van der Waals surface area contributed by atoms with Crippen LogP contribution >= 0.6 is 11.6 Å². The van der Waals surface area contributed by atoms with Crippen LogP contribution in [0.15, 0.2) is 6.07 Å². The second-order valence-corrected chi connectivity index (χ2v) is 6.55. The van der Waals surface area contributed by atoms with Crippen LogP contribution in [0, 0.1) is 0 Å². The van der Waals surface area contributed by atoms with Crippen LogP contribution in [0.4, 0.5) is 0 Å². The molecule has 1 fully saturated rings. The van der Waals surface area contributed by atoms with Crippen molar-refractivity contribution in [3.05, 3.63) is 27.8 Å². The van der Waals surface area contributed by atoms with Crippen LogP contribution in [0.1, 0.15) is 61.6 Å². The van der Waals surface area contributed by atoms with E-state index in [0.29, 0.717) is 5.02 Å². The van der Waals surface area contributed by atoms with Gasteiger partial charge in [-0.2, -0.15) is 0 Å². The minimum Gasteiger partial charge on any atom is -0.506 e. The van der Waals surface area contributed by atoms with Gasteiger partial charge in [0.2, 0.25) is 0 Å². The molecule has 0 aromatic heterocycles. The van der Waals surface area contributed by atoms with Crippen LogP contribution in [-0.4, -0.2) is 5.11 Å². The van der Waals surface area contributed by atoms with Crippen molar-refractivity contribution in [3.8, 4) is 5.75 Å². The number of benzene rings is 1. The minimum atomic E-state index is -0.366. The Hall–Kier alpha value is -0.730. The highest BCUT2D eigenvalue weighted by molar-refractivity contribution is 6.32. The average molecular weight is 280 g/mol. The zero-order chi connectivity index (χ0) is 13.5. The quantitative estimate of drug-likeness (QED) is 0.815. The summed E-state index contributed by atoms with van der Waals surface area (Å²) in [6.07, 6.45) is 9.99. The van der Waals surface area contributed by atoms with Crippen molar-refractivity contribution in [1.29, 1.82) is 0 Å². The number of rotatable bonds is 1. The first-order chi connectivity index (χ1) is 9.12. The van der Waals surface area contributed by atoms with E-state index >= 15 is 0 Å². The van der Waals surface area contributed by atoms with Gasteiger partial charge in [-0.25, -0.2) is 0 Å². The Morgan fingerprint density at radius 3 is 2.47 bits per heavy atom. The monoisotopic (exact) mass is 279 g/mol. The van der Waals surface area contributed by atoms with Gasteiger partial charge in [0, 0.05) is 11.1 Å². The molecule has 0 heterocycles. The first kappa shape index (κ1) is 13.3. The van der Waals surface area contributed by atoms with Gasteiger partial charge in [-0.05, 0) is 55.7 Å². The van der Waals surface area contributed by atoms with E-state index in [4.69, 9.17) is 17.3 Å². The van der Waals surface area contributed by atoms with Gasteiger partial charge in [-0.3, -0.25) is 0 Å². The summed E-state index contributed by atoms with van der Waals surface area (Å²) in [7, 11) is 0. The summed E-state index contributed by atoms with van der Waals surface area (Å²) in [6, 6.07) is 1.95. The summed E-state index contributed by atoms with van der Waals surface area (Å²) in [6.45, 7) is 0. The summed E-state index contributed by atoms with van der Waals surface area (Å²) in [5.74, 6) is 0.242. The van der Waals surface area contributed by atoms with Crippen molar-refractivity contribution in [2.75, 3.05) is 0 Å². The number of aromatic hydroxyl groups is 1. The second-order valence-electron chi connectivity index (χ2n) is 6.14. The lowest BCUT2D eigenvalue weighted by Gasteiger charge is -2.37. The van der Waals surface area contributed by atoms with E-state index in [9.17, 15) is 5.11 Å². The standard InChI is InChI=1S/C16H22ClNO/c17-13-10-11-6-2-3-7-12(11)14(15(13)19)16(18)8-4-1-5-9-16/h10,19H,1-9,18H2. The topological polar surface area (TPSA) is 46.2 Å². The van der Waals surface area contributed by atoms with Crippen molar-refractivity contribution < 1.29 is 5.11 Å². The van der Waals surface area contributed by atoms with Crippen molar-refractivity contribution >= 4 is 11.6 Å². The molecule has 1 aromatic carbocycles. The molecule has 3 rings (SSSR count). The molecule has 1 aromatic rings. The molecular weight excluding hydrogens is 258 g/mol. The Kier molecular flexibility index (Phi) is 3.48. The first-order valence-corrected chi connectivity index (χ1v) is 7.82. The molecule has 2 nitrogen and oxygen atoms in total. The van der Waals surface area contributed by atoms with Gasteiger partial charge >= 0.3 is 0 Å². The molecule has 0 bridgehead atoms. The molecule has 1 saturated carbocycles. The average Bonchev–Trinajstić information content (AvgIpc) is 2.40. The van der Waals surface area contributed by atoms with E-state index in [2.05, 4.69) is 0 Å². The summed E-state index contributed by atoms with van der Waals surface area (Å²) < 4.78 is 0. The molecule has 2 aliphatic carbocycles. The van der Waals surface area contributed by atoms with Gasteiger partial charge in [0.25, 0.3) is 0 Å². The van der Waals surface area contributed by atoms with Gasteiger partial charge in [-0.15, -0.1) is 0 Å². The summed E-state index contributed by atoms with van der Waals surface area (Å²) in [5, 5.41) is 10.9. The van der Waals surface area contributed by atoms with Crippen molar-refractivity contribution in [3.63, 3.8) is 0 Å². The van der Waals surface area contributed by atoms with Gasteiger partial charge in [0.05, 0.1) is 5.02 Å². The third kappa shape index (κ3) is 2.25. The third-order valence-corrected chi connectivity index (χ3v) is 5.11. The highest BCUT2D eigenvalue weighted by atomic mass is 35.5. The SMILES string of the molecule is NC1(c2c(O)c(Cl)cc3c2CCCC3)CCCCC1. The smallest absolute Gasteiger partial charge is 0.139 e. The number of aryl methyl sites for hydroxylation is 1. The van der Waals surface area contributed by atoms with Crippen LogP contribution in [0.5, 0.6) is 5.75 Å². The fourth-order valence-corrected chi connectivity index (χ4v) is 4.05. The molecular formula is C16H22ClNO. The predicted molar refractivity (Wildman–Crippen MR) is 78.7 cm³/mol. The Morgan fingerprint density at radius 2 is 1.74 bits per heavy atom. The predicted octanol–water partition coefficient (Wildman–Crippen LogP) is 4.04. The number of nitrogens with two attached hydrogens (primary N) is 1. The highest BCUT2D eigenvalue weighted by Gasteiger charge is 2.36. The minimum absolute atomic E-state index is 0.242. The van der Waals surface area contributed by atoms with E-state index in [1.54, 1.807) is 0 Å². The Balaban J connectivity index is 2.15. The zero-order valence-corrected chi connectivity index (χ0v) is 12.1. The molecule has 0 radical (unpaired) electrons. The third-order valence-electron chi connectivity index (χ3n) is 4.82. The number of halogens is 1. The van der Waals surface area contributed by atoms with Crippen LogP contribution < -0.4 is 5.73 Å². The molecule has 0 spiro atoms. The lowest BCUT2D eigenvalue weighted by molar-refractivity contribution is 0.289. The number of phenolic OH excluding ortho intramolecular Hbond substituents is 1. The summed E-state index contributed by atoms with van der Waals surface area (Å²) >= 11 is 6.23. The molecule has 19 heavy (non-hydrogen) atoms. The van der Waals surface area contributed by atoms with Crippen molar-refractivity contribution in [2.45, 2.75) is 63.3 Å². The van der Waals surface area contributed by atoms with Crippen LogP contribution in [0.2, 0.25) is 5.02 Å². The fourth-order valence-electron chi connectivity index (χ4n) is 3.83. The maximum atomic E-state index is 10.5. The molecule has 2 aliphatic rings. The zero-order valence-electron chi connectivity index (χ0n) is 11.3. The maximum Gasteiger partial charge on any atom is 0.139 e. The Labute approximate surface area is 120 Å². The van der Waals surface area contributed by atoms with Crippen molar-refractivity contribution in [2.24, 2.45) is 5.73 Å². The number of fused-ring (bicyclic) bond motifs is 1. The summed E-state index contributed by atoms with van der Waals surface area (Å²) in [4.78, 5) is 0. The Bertz CT molecular complexity index is 492. The Morgan fingerprint density at radius 1 is 1.05 bits per heavy atom. The molecule has 0 atom stereocenters. The van der Waals surface area contributed by atoms with Crippen molar-refractivity contribution in [1.82, 2.24) is 0 Å². The van der Waals surface area contributed by atoms with E-state index in [-0.39, 0.29) is 11.3 Å². The molecule has 3 heteroatoms. The largest absolute Gasteiger partial charge is 0.506 e. The maximum absolute atomic E-state index is 10.5. The lowest BCUT2D eigenvalue weighted by Crippen LogP contribution is -2.40. The molecule has 0 saturated heterocycles. The summed E-state index contributed by atoms with van der Waals surface area (Å²) in [5.41, 5.74) is 9.85. The van der Waals surface area contributed by atoms with Gasteiger partial charge < -0.3 is 10.8 Å². The normalized spacial score (nSPS) is 22.0. The van der Waals surface area contributed by atoms with E-state index in [1.807, 2.05) is 6.07 Å². The number of hydrogen-bond acceptors (Lipinski definition) is 2. The first-order valence-electron chi connectivity index (χ1n) is 7.44. The lowest BCUT2D eigenvalue weighted by atomic mass is 9.72. The van der Waals surface area contributed by atoms with Gasteiger partial charge in [0.1, 0.15) is 5.75 Å². The number of phenols is 1. The van der Waals surface area contributed by atoms with Crippen LogP contribution in [-0.2, 0) is 18.4 Å². The van der Waals surface area contributed by atoms with Crippen LogP contribution in [0.3, 0.4) is 0 Å². The van der Waals surface area contributed by atoms with Gasteiger partial charge in [-0.1, -0.05) is 30.9 Å². The molecule has 0 aliphatic heterocycles. The fraction of sp³-hybridized carbons (Fsp3) is 0.625. The van der Waals surface area contributed by atoms with E-state index < -0.39 is 0 Å². The van der Waals surface area contributed by atoms with Gasteiger partial charge in [0.15, 0.2) is 0 Å². The van der Waals surface area contributed by atoms with Crippen LogP contribution in [0.25, 0.3) is 0 Å². The van der Waals surface area contributed by atoms with E-state index in [0.717, 1.165) is 44.1 Å². The highest BCUT2D eigenvalue weighted by Crippen LogP contribution is 2.46. The molecule has 104 valence electrons.